The molecule has 3 fully saturated rings. The molecule has 0 amide bonds. The first kappa shape index (κ1) is 6.44. The average molecular weight is 153 g/mol. The van der Waals surface area contributed by atoms with Crippen LogP contribution in [0.5, 0.6) is 0 Å². The second kappa shape index (κ2) is 1.99. The van der Waals surface area contributed by atoms with Crippen LogP contribution in [0.25, 0.3) is 0 Å². The lowest BCUT2D eigenvalue weighted by Crippen LogP contribution is -2.38. The maximum atomic E-state index is 5.67. The van der Waals surface area contributed by atoms with E-state index in [0.717, 1.165) is 12.5 Å². The molecule has 1 aliphatic carbocycles. The first-order chi connectivity index (χ1) is 5.42. The minimum atomic E-state index is 0.528. The lowest BCUT2D eigenvalue weighted by atomic mass is 9.87. The van der Waals surface area contributed by atoms with Crippen molar-refractivity contribution in [3.63, 3.8) is 0 Å². The highest BCUT2D eigenvalue weighted by atomic mass is 16.7. The van der Waals surface area contributed by atoms with E-state index in [1.807, 2.05) is 0 Å². The van der Waals surface area contributed by atoms with Crippen molar-refractivity contribution >= 4 is 0 Å². The molecule has 0 aromatic heterocycles. The van der Waals surface area contributed by atoms with Gasteiger partial charge in [-0.1, -0.05) is 6.42 Å². The third-order valence-corrected chi connectivity index (χ3v) is 3.82. The van der Waals surface area contributed by atoms with Gasteiger partial charge in [0, 0.05) is 12.5 Å². The van der Waals surface area contributed by atoms with Gasteiger partial charge in [-0.25, -0.2) is 0 Å². The van der Waals surface area contributed by atoms with Gasteiger partial charge in [-0.15, -0.1) is 0 Å². The van der Waals surface area contributed by atoms with Crippen molar-refractivity contribution in [3.05, 3.63) is 0 Å². The Bertz CT molecular complexity index is 160. The van der Waals surface area contributed by atoms with Crippen LogP contribution in [0.2, 0.25) is 0 Å². The fourth-order valence-corrected chi connectivity index (χ4v) is 3.27. The molecule has 11 heavy (non-hydrogen) atoms. The maximum absolute atomic E-state index is 5.67. The predicted molar refractivity (Wildman–Crippen MR) is 42.0 cm³/mol. The van der Waals surface area contributed by atoms with Crippen LogP contribution >= 0.6 is 0 Å². The summed E-state index contributed by atoms with van der Waals surface area (Å²) in [6.45, 7) is 2.20. The molecular formula is C9H15NO. The van der Waals surface area contributed by atoms with Crippen molar-refractivity contribution in [2.24, 2.45) is 5.92 Å². The van der Waals surface area contributed by atoms with Gasteiger partial charge in [0.25, 0.3) is 0 Å². The lowest BCUT2D eigenvalue weighted by molar-refractivity contribution is -0.143. The summed E-state index contributed by atoms with van der Waals surface area (Å²) in [6.07, 6.45) is 7.01. The molecular weight excluding hydrogens is 138 g/mol. The molecule has 62 valence electrons. The summed E-state index contributed by atoms with van der Waals surface area (Å²) >= 11 is 0. The Hall–Kier alpha value is -0.0800. The quantitative estimate of drug-likeness (QED) is 0.523. The Labute approximate surface area is 67.5 Å². The van der Waals surface area contributed by atoms with Crippen LogP contribution in [0.1, 0.15) is 32.1 Å². The van der Waals surface area contributed by atoms with Gasteiger partial charge in [-0.3, -0.25) is 4.84 Å². The summed E-state index contributed by atoms with van der Waals surface area (Å²) in [7, 11) is 0. The predicted octanol–water partition coefficient (Wildman–Crippen LogP) is 1.57. The molecule has 0 radical (unpaired) electrons. The SMILES string of the molecule is C1CC2CON3CCC[C@@]23C1. The fraction of sp³-hybridized carbons (Fsp3) is 1.00. The minimum Gasteiger partial charge on any atom is -0.298 e. The molecule has 3 aliphatic rings. The van der Waals surface area contributed by atoms with E-state index in [1.165, 1.54) is 38.6 Å². The number of hydrogen-bond acceptors (Lipinski definition) is 2. The Morgan fingerprint density at radius 3 is 3.18 bits per heavy atom. The zero-order chi connectivity index (χ0) is 7.31. The van der Waals surface area contributed by atoms with Crippen molar-refractivity contribution in [3.8, 4) is 0 Å². The van der Waals surface area contributed by atoms with E-state index in [1.54, 1.807) is 0 Å². The first-order valence-corrected chi connectivity index (χ1v) is 4.82. The van der Waals surface area contributed by atoms with Gasteiger partial charge < -0.3 is 0 Å². The highest BCUT2D eigenvalue weighted by molar-refractivity contribution is 5.04. The fourth-order valence-electron chi connectivity index (χ4n) is 3.27. The third-order valence-electron chi connectivity index (χ3n) is 3.82. The molecule has 0 aromatic carbocycles. The second-order valence-electron chi connectivity index (χ2n) is 4.19. The molecule has 0 bridgehead atoms. The first-order valence-electron chi connectivity index (χ1n) is 4.82. The summed E-state index contributed by atoms with van der Waals surface area (Å²) in [5, 5.41) is 2.30. The van der Waals surface area contributed by atoms with E-state index in [0.29, 0.717) is 5.54 Å². The Balaban J connectivity index is 1.97. The van der Waals surface area contributed by atoms with Crippen molar-refractivity contribution in [2.75, 3.05) is 13.2 Å². The molecule has 2 saturated heterocycles. The van der Waals surface area contributed by atoms with Crippen LogP contribution in [-0.4, -0.2) is 23.8 Å². The van der Waals surface area contributed by atoms with Gasteiger partial charge in [0.2, 0.25) is 0 Å². The molecule has 2 heterocycles. The van der Waals surface area contributed by atoms with Gasteiger partial charge in [0.15, 0.2) is 0 Å². The molecule has 0 N–H and O–H groups in total. The van der Waals surface area contributed by atoms with Gasteiger partial charge >= 0.3 is 0 Å². The van der Waals surface area contributed by atoms with Crippen molar-refractivity contribution in [1.29, 1.82) is 0 Å². The number of hydrogen-bond donors (Lipinski definition) is 0. The highest BCUT2D eigenvalue weighted by Gasteiger charge is 2.54. The van der Waals surface area contributed by atoms with E-state index in [-0.39, 0.29) is 0 Å². The van der Waals surface area contributed by atoms with Crippen LogP contribution in [-0.2, 0) is 4.84 Å². The topological polar surface area (TPSA) is 12.5 Å². The number of nitrogens with zero attached hydrogens (tertiary/aromatic N) is 1. The van der Waals surface area contributed by atoms with E-state index in [9.17, 15) is 0 Å². The summed E-state index contributed by atoms with van der Waals surface area (Å²) in [6, 6.07) is 0. The number of rotatable bonds is 0. The smallest absolute Gasteiger partial charge is 0.0732 e. The average Bonchev–Trinajstić information content (AvgIpc) is 2.55. The monoisotopic (exact) mass is 153 g/mol. The Kier molecular flexibility index (Phi) is 1.16. The third kappa shape index (κ3) is 0.651. The van der Waals surface area contributed by atoms with Crippen LogP contribution in [0, 0.1) is 5.92 Å². The van der Waals surface area contributed by atoms with E-state index < -0.39 is 0 Å². The largest absolute Gasteiger partial charge is 0.298 e. The Morgan fingerprint density at radius 2 is 2.18 bits per heavy atom. The van der Waals surface area contributed by atoms with Gasteiger partial charge in [0.05, 0.1) is 12.1 Å². The molecule has 2 atom stereocenters. The normalized spacial score (nSPS) is 49.6. The number of hydroxylamine groups is 2. The zero-order valence-electron chi connectivity index (χ0n) is 6.88. The van der Waals surface area contributed by atoms with E-state index in [4.69, 9.17) is 4.84 Å². The van der Waals surface area contributed by atoms with Gasteiger partial charge in [-0.2, -0.15) is 5.06 Å². The molecule has 2 nitrogen and oxygen atoms in total. The van der Waals surface area contributed by atoms with Crippen molar-refractivity contribution in [1.82, 2.24) is 5.06 Å². The van der Waals surface area contributed by atoms with Crippen molar-refractivity contribution in [2.45, 2.75) is 37.6 Å². The Morgan fingerprint density at radius 1 is 1.27 bits per heavy atom. The van der Waals surface area contributed by atoms with Gasteiger partial charge in [0.1, 0.15) is 0 Å². The summed E-state index contributed by atoms with van der Waals surface area (Å²) < 4.78 is 0. The second-order valence-corrected chi connectivity index (χ2v) is 4.19. The minimum absolute atomic E-state index is 0.528. The molecule has 1 spiro atoms. The molecule has 1 unspecified atom stereocenters. The summed E-state index contributed by atoms with van der Waals surface area (Å²) in [5.74, 6) is 0.880. The zero-order valence-corrected chi connectivity index (χ0v) is 6.88. The molecule has 0 aromatic rings. The van der Waals surface area contributed by atoms with Gasteiger partial charge in [-0.05, 0) is 25.7 Å². The van der Waals surface area contributed by atoms with Crippen LogP contribution in [0.3, 0.4) is 0 Å². The van der Waals surface area contributed by atoms with Crippen LogP contribution < -0.4 is 0 Å². The van der Waals surface area contributed by atoms with E-state index >= 15 is 0 Å². The lowest BCUT2D eigenvalue weighted by Gasteiger charge is -2.28. The van der Waals surface area contributed by atoms with Crippen LogP contribution in [0.15, 0.2) is 0 Å². The molecule has 2 aliphatic heterocycles. The standard InChI is InChI=1S/C9H15NO/c1-3-8-7-11-10-6-2-5-9(8,10)4-1/h8H,1-7H2/t8?,9-/m0/s1. The highest BCUT2D eigenvalue weighted by Crippen LogP contribution is 2.51. The molecule has 3 rings (SSSR count). The molecule has 2 heteroatoms. The summed E-state index contributed by atoms with van der Waals surface area (Å²) in [4.78, 5) is 5.67. The molecule has 1 saturated carbocycles. The van der Waals surface area contributed by atoms with E-state index in [2.05, 4.69) is 5.06 Å². The van der Waals surface area contributed by atoms with Crippen molar-refractivity contribution < 1.29 is 4.84 Å². The van der Waals surface area contributed by atoms with Crippen LogP contribution in [0.4, 0.5) is 0 Å². The maximum Gasteiger partial charge on any atom is 0.0732 e. The summed E-state index contributed by atoms with van der Waals surface area (Å²) in [5.41, 5.74) is 0.528.